The molecule has 0 amide bonds. The van der Waals surface area contributed by atoms with E-state index in [9.17, 15) is 4.79 Å². The van der Waals surface area contributed by atoms with Crippen LogP contribution in [0.5, 0.6) is 0 Å². The zero-order valence-corrected chi connectivity index (χ0v) is 9.33. The van der Waals surface area contributed by atoms with Crippen molar-refractivity contribution in [2.24, 2.45) is 0 Å². The number of aromatic nitrogens is 2. The molecule has 0 aliphatic heterocycles. The average molecular weight is 227 g/mol. The molecule has 0 aromatic carbocycles. The van der Waals surface area contributed by atoms with Crippen LogP contribution in [-0.2, 0) is 11.2 Å². The van der Waals surface area contributed by atoms with E-state index in [2.05, 4.69) is 9.36 Å². The highest BCUT2D eigenvalue weighted by atomic mass is 32.1. The fraction of sp³-hybridized carbons (Fsp3) is 0.667. The van der Waals surface area contributed by atoms with Crippen LogP contribution in [0.1, 0.15) is 25.6 Å². The van der Waals surface area contributed by atoms with E-state index in [-0.39, 0.29) is 6.54 Å². The van der Waals surface area contributed by atoms with E-state index in [0.29, 0.717) is 6.04 Å². The topological polar surface area (TPSA) is 66.3 Å². The van der Waals surface area contributed by atoms with Crippen molar-refractivity contribution in [2.75, 3.05) is 11.4 Å². The van der Waals surface area contributed by atoms with Crippen molar-refractivity contribution >= 4 is 22.6 Å². The highest BCUT2D eigenvalue weighted by Crippen LogP contribution is 2.32. The number of rotatable bonds is 5. The van der Waals surface area contributed by atoms with Crippen LogP contribution in [0.4, 0.5) is 5.13 Å². The zero-order valence-electron chi connectivity index (χ0n) is 8.51. The lowest BCUT2D eigenvalue weighted by Gasteiger charge is -2.17. The predicted molar refractivity (Wildman–Crippen MR) is 57.3 cm³/mol. The lowest BCUT2D eigenvalue weighted by atomic mass is 10.5. The second kappa shape index (κ2) is 4.14. The van der Waals surface area contributed by atoms with Crippen LogP contribution >= 0.6 is 11.5 Å². The summed E-state index contributed by atoms with van der Waals surface area (Å²) in [6, 6.07) is 0.360. The molecule has 6 heteroatoms. The molecule has 0 spiro atoms. The SMILES string of the molecule is CCc1nsc(N(CC(=O)O)C2CC2)n1. The third-order valence-corrected chi connectivity index (χ3v) is 3.10. The molecule has 82 valence electrons. The molecular weight excluding hydrogens is 214 g/mol. The van der Waals surface area contributed by atoms with Crippen LogP contribution in [0, 0.1) is 0 Å². The molecule has 1 saturated carbocycles. The first-order chi connectivity index (χ1) is 7.20. The predicted octanol–water partition coefficient (Wildman–Crippen LogP) is 1.15. The lowest BCUT2D eigenvalue weighted by molar-refractivity contribution is -0.135. The molecule has 1 heterocycles. The number of aliphatic carboxylic acids is 1. The van der Waals surface area contributed by atoms with Crippen LogP contribution in [0.15, 0.2) is 0 Å². The Labute approximate surface area is 91.9 Å². The first-order valence-corrected chi connectivity index (χ1v) is 5.79. The van der Waals surface area contributed by atoms with E-state index in [1.807, 2.05) is 11.8 Å². The highest BCUT2D eigenvalue weighted by molar-refractivity contribution is 7.09. The summed E-state index contributed by atoms with van der Waals surface area (Å²) < 4.78 is 4.17. The largest absolute Gasteiger partial charge is 0.480 e. The van der Waals surface area contributed by atoms with E-state index in [0.717, 1.165) is 30.2 Å². The minimum atomic E-state index is -0.810. The van der Waals surface area contributed by atoms with E-state index in [4.69, 9.17) is 5.11 Å². The molecule has 0 bridgehead atoms. The minimum absolute atomic E-state index is 0.0308. The van der Waals surface area contributed by atoms with Gasteiger partial charge in [-0.05, 0) is 12.8 Å². The van der Waals surface area contributed by atoms with Gasteiger partial charge in [-0.25, -0.2) is 4.98 Å². The van der Waals surface area contributed by atoms with Crippen molar-refractivity contribution in [2.45, 2.75) is 32.2 Å². The summed E-state index contributed by atoms with van der Waals surface area (Å²) in [5, 5.41) is 9.55. The lowest BCUT2D eigenvalue weighted by Crippen LogP contribution is -2.31. The number of carboxylic acids is 1. The van der Waals surface area contributed by atoms with Crippen molar-refractivity contribution in [3.8, 4) is 0 Å². The van der Waals surface area contributed by atoms with Crippen molar-refractivity contribution in [1.29, 1.82) is 0 Å². The summed E-state index contributed by atoms with van der Waals surface area (Å²) in [6.45, 7) is 2.02. The number of nitrogens with zero attached hydrogens (tertiary/aromatic N) is 3. The Hall–Kier alpha value is -1.17. The van der Waals surface area contributed by atoms with Crippen LogP contribution in [0.25, 0.3) is 0 Å². The first kappa shape index (κ1) is 10.4. The van der Waals surface area contributed by atoms with Gasteiger partial charge in [-0.1, -0.05) is 6.92 Å². The van der Waals surface area contributed by atoms with Gasteiger partial charge in [0.2, 0.25) is 5.13 Å². The van der Waals surface area contributed by atoms with Gasteiger partial charge in [0.05, 0.1) is 0 Å². The minimum Gasteiger partial charge on any atom is -0.480 e. The molecule has 0 saturated heterocycles. The summed E-state index contributed by atoms with van der Waals surface area (Å²) in [4.78, 5) is 16.9. The molecule has 1 fully saturated rings. The first-order valence-electron chi connectivity index (χ1n) is 5.01. The molecule has 2 rings (SSSR count). The van der Waals surface area contributed by atoms with Gasteiger partial charge in [-0.2, -0.15) is 4.37 Å². The number of anilines is 1. The van der Waals surface area contributed by atoms with E-state index in [1.165, 1.54) is 11.5 Å². The number of hydrogen-bond acceptors (Lipinski definition) is 5. The molecule has 15 heavy (non-hydrogen) atoms. The van der Waals surface area contributed by atoms with Crippen LogP contribution in [0.3, 0.4) is 0 Å². The van der Waals surface area contributed by atoms with Gasteiger partial charge < -0.3 is 10.0 Å². The Morgan fingerprint density at radius 2 is 2.40 bits per heavy atom. The molecule has 1 aliphatic rings. The molecule has 0 radical (unpaired) electrons. The Bertz CT molecular complexity index is 362. The third kappa shape index (κ3) is 2.44. The second-order valence-electron chi connectivity index (χ2n) is 3.60. The number of carbonyl (C=O) groups is 1. The van der Waals surface area contributed by atoms with Crippen molar-refractivity contribution in [1.82, 2.24) is 9.36 Å². The normalized spacial score (nSPS) is 15.3. The van der Waals surface area contributed by atoms with E-state index in [1.54, 1.807) is 0 Å². The summed E-state index contributed by atoms with van der Waals surface area (Å²) in [7, 11) is 0. The van der Waals surface area contributed by atoms with Crippen molar-refractivity contribution in [3.63, 3.8) is 0 Å². The average Bonchev–Trinajstić information content (AvgIpc) is 2.92. The quantitative estimate of drug-likeness (QED) is 0.817. The Morgan fingerprint density at radius 1 is 1.67 bits per heavy atom. The maximum absolute atomic E-state index is 10.7. The van der Waals surface area contributed by atoms with Gasteiger partial charge >= 0.3 is 5.97 Å². The third-order valence-electron chi connectivity index (χ3n) is 2.31. The fourth-order valence-electron chi connectivity index (χ4n) is 1.39. The monoisotopic (exact) mass is 227 g/mol. The van der Waals surface area contributed by atoms with Gasteiger partial charge in [0, 0.05) is 24.0 Å². The van der Waals surface area contributed by atoms with Crippen LogP contribution in [-0.4, -0.2) is 33.0 Å². The molecule has 1 aliphatic carbocycles. The van der Waals surface area contributed by atoms with E-state index >= 15 is 0 Å². The molecule has 0 unspecified atom stereocenters. The Morgan fingerprint density at radius 3 is 2.87 bits per heavy atom. The molecule has 5 nitrogen and oxygen atoms in total. The van der Waals surface area contributed by atoms with Gasteiger partial charge in [0.1, 0.15) is 12.4 Å². The van der Waals surface area contributed by atoms with Crippen molar-refractivity contribution in [3.05, 3.63) is 5.82 Å². The van der Waals surface area contributed by atoms with Crippen molar-refractivity contribution < 1.29 is 9.90 Å². The van der Waals surface area contributed by atoms with Crippen LogP contribution < -0.4 is 4.90 Å². The van der Waals surface area contributed by atoms with Gasteiger partial charge in [0.15, 0.2) is 0 Å². The van der Waals surface area contributed by atoms with Gasteiger partial charge in [-0.15, -0.1) is 0 Å². The molecule has 0 atom stereocenters. The van der Waals surface area contributed by atoms with Crippen LogP contribution in [0.2, 0.25) is 0 Å². The second-order valence-corrected chi connectivity index (χ2v) is 4.33. The Balaban J connectivity index is 2.12. The Kier molecular flexibility index (Phi) is 2.86. The number of carboxylic acid groups (broad SMARTS) is 1. The summed E-state index contributed by atoms with van der Waals surface area (Å²) in [5.74, 6) is -0.0128. The summed E-state index contributed by atoms with van der Waals surface area (Å²) >= 11 is 1.29. The zero-order chi connectivity index (χ0) is 10.8. The number of aryl methyl sites for hydroxylation is 1. The molecular formula is C9H13N3O2S. The maximum atomic E-state index is 10.7. The standard InChI is InChI=1S/C9H13N3O2S/c1-2-7-10-9(15-11-7)12(5-8(13)14)6-3-4-6/h6H,2-5H2,1H3,(H,13,14). The smallest absolute Gasteiger partial charge is 0.323 e. The number of hydrogen-bond donors (Lipinski definition) is 1. The summed E-state index contributed by atoms with van der Waals surface area (Å²) in [5.41, 5.74) is 0. The molecule has 1 aromatic rings. The van der Waals surface area contributed by atoms with Gasteiger partial charge in [0.25, 0.3) is 0 Å². The molecule has 1 aromatic heterocycles. The molecule has 1 N–H and O–H groups in total. The summed E-state index contributed by atoms with van der Waals surface area (Å²) in [6.07, 6.45) is 2.92. The fourth-order valence-corrected chi connectivity index (χ4v) is 2.21. The van der Waals surface area contributed by atoms with Gasteiger partial charge in [-0.3, -0.25) is 4.79 Å². The van der Waals surface area contributed by atoms with E-state index < -0.39 is 5.97 Å². The highest BCUT2D eigenvalue weighted by Gasteiger charge is 2.32. The maximum Gasteiger partial charge on any atom is 0.323 e.